The van der Waals surface area contributed by atoms with Gasteiger partial charge >= 0.3 is 0 Å². The van der Waals surface area contributed by atoms with E-state index < -0.39 is 0 Å². The van der Waals surface area contributed by atoms with E-state index in [-0.39, 0.29) is 5.60 Å². The second-order valence-corrected chi connectivity index (χ2v) is 5.66. The van der Waals surface area contributed by atoms with Gasteiger partial charge in [-0.15, -0.1) is 0 Å². The Kier molecular flexibility index (Phi) is 3.08. The molecular formula is C14H21N3O. The van der Waals surface area contributed by atoms with Crippen molar-refractivity contribution in [2.45, 2.75) is 57.7 Å². The summed E-state index contributed by atoms with van der Waals surface area (Å²) in [7, 11) is 0. The van der Waals surface area contributed by atoms with Crippen molar-refractivity contribution in [1.29, 1.82) is 0 Å². The van der Waals surface area contributed by atoms with Gasteiger partial charge in [-0.1, -0.05) is 0 Å². The van der Waals surface area contributed by atoms with E-state index in [2.05, 4.69) is 24.1 Å². The number of nitrogens with zero attached hydrogens (tertiary/aromatic N) is 2. The standard InChI is InChI=1S/C14H21N3O/c1-10-8-16-13(14(2)6-3-7-18-14)17-12(10)9-15-11-4-5-11/h8,11,15H,3-7,9H2,1-2H3. The number of rotatable bonds is 4. The van der Waals surface area contributed by atoms with Gasteiger partial charge in [0.1, 0.15) is 5.60 Å². The largest absolute Gasteiger partial charge is 0.367 e. The highest BCUT2D eigenvalue weighted by molar-refractivity contribution is 5.18. The molecule has 1 unspecified atom stereocenters. The summed E-state index contributed by atoms with van der Waals surface area (Å²) in [6, 6.07) is 0.709. The van der Waals surface area contributed by atoms with Gasteiger partial charge in [0.2, 0.25) is 0 Å². The fourth-order valence-electron chi connectivity index (χ4n) is 2.40. The van der Waals surface area contributed by atoms with Crippen LogP contribution in [0.2, 0.25) is 0 Å². The van der Waals surface area contributed by atoms with E-state index >= 15 is 0 Å². The van der Waals surface area contributed by atoms with Crippen molar-refractivity contribution in [3.05, 3.63) is 23.3 Å². The van der Waals surface area contributed by atoms with Crippen molar-refractivity contribution < 1.29 is 4.74 Å². The maximum atomic E-state index is 5.81. The smallest absolute Gasteiger partial charge is 0.160 e. The Bertz CT molecular complexity index is 437. The molecule has 1 saturated heterocycles. The summed E-state index contributed by atoms with van der Waals surface area (Å²) in [5.74, 6) is 0.846. The summed E-state index contributed by atoms with van der Waals surface area (Å²) in [5.41, 5.74) is 2.00. The first-order chi connectivity index (χ1) is 8.67. The van der Waals surface area contributed by atoms with Crippen molar-refractivity contribution in [2.75, 3.05) is 6.61 Å². The Morgan fingerprint density at radius 3 is 3.00 bits per heavy atom. The summed E-state index contributed by atoms with van der Waals surface area (Å²) in [4.78, 5) is 9.20. The monoisotopic (exact) mass is 247 g/mol. The van der Waals surface area contributed by atoms with Crippen molar-refractivity contribution in [2.24, 2.45) is 0 Å². The van der Waals surface area contributed by atoms with E-state index in [0.717, 1.165) is 43.1 Å². The molecule has 0 aromatic carbocycles. The van der Waals surface area contributed by atoms with E-state index in [0.29, 0.717) is 6.04 Å². The van der Waals surface area contributed by atoms with Crippen LogP contribution < -0.4 is 5.32 Å². The quantitative estimate of drug-likeness (QED) is 0.884. The third kappa shape index (κ3) is 2.40. The van der Waals surface area contributed by atoms with Gasteiger partial charge in [0.15, 0.2) is 5.82 Å². The van der Waals surface area contributed by atoms with Gasteiger partial charge in [0, 0.05) is 25.4 Å². The second kappa shape index (κ2) is 4.59. The molecule has 98 valence electrons. The fraction of sp³-hybridized carbons (Fsp3) is 0.714. The van der Waals surface area contributed by atoms with Crippen LogP contribution in [0.3, 0.4) is 0 Å². The van der Waals surface area contributed by atoms with E-state index in [1.807, 2.05) is 6.20 Å². The molecule has 3 rings (SSSR count). The average molecular weight is 247 g/mol. The molecule has 1 atom stereocenters. The molecule has 1 aliphatic carbocycles. The van der Waals surface area contributed by atoms with E-state index in [1.54, 1.807) is 0 Å². The van der Waals surface area contributed by atoms with Crippen molar-refractivity contribution >= 4 is 0 Å². The molecular weight excluding hydrogens is 226 g/mol. The minimum atomic E-state index is -0.276. The molecule has 2 fully saturated rings. The van der Waals surface area contributed by atoms with Gasteiger partial charge in [0.05, 0.1) is 5.69 Å². The molecule has 1 aromatic heterocycles. The number of hydrogen-bond donors (Lipinski definition) is 1. The third-order valence-electron chi connectivity index (χ3n) is 3.90. The fourth-order valence-corrected chi connectivity index (χ4v) is 2.40. The predicted octanol–water partition coefficient (Wildman–Crippen LogP) is 2.06. The number of hydrogen-bond acceptors (Lipinski definition) is 4. The minimum absolute atomic E-state index is 0.276. The van der Waals surface area contributed by atoms with Crippen LogP contribution in [0.5, 0.6) is 0 Å². The summed E-state index contributed by atoms with van der Waals surface area (Å²) < 4.78 is 5.81. The summed E-state index contributed by atoms with van der Waals surface area (Å²) in [6.45, 7) is 5.85. The van der Waals surface area contributed by atoms with Crippen molar-refractivity contribution in [3.63, 3.8) is 0 Å². The Hall–Kier alpha value is -1.00. The molecule has 18 heavy (non-hydrogen) atoms. The highest BCUT2D eigenvalue weighted by atomic mass is 16.5. The predicted molar refractivity (Wildman–Crippen MR) is 69.2 cm³/mol. The maximum Gasteiger partial charge on any atom is 0.160 e. The lowest BCUT2D eigenvalue weighted by Crippen LogP contribution is -2.25. The normalized spacial score (nSPS) is 27.7. The molecule has 1 aromatic rings. The summed E-state index contributed by atoms with van der Waals surface area (Å²) in [5, 5.41) is 3.51. The SMILES string of the molecule is Cc1cnc(C2(C)CCCO2)nc1CNC1CC1. The number of ether oxygens (including phenoxy) is 1. The summed E-state index contributed by atoms with van der Waals surface area (Å²) >= 11 is 0. The van der Waals surface area contributed by atoms with Crippen LogP contribution in [-0.2, 0) is 16.9 Å². The minimum Gasteiger partial charge on any atom is -0.367 e. The topological polar surface area (TPSA) is 47.0 Å². The molecule has 1 aliphatic heterocycles. The zero-order chi connectivity index (χ0) is 12.6. The lowest BCUT2D eigenvalue weighted by atomic mass is 10.0. The number of aryl methyl sites for hydroxylation is 1. The Morgan fingerprint density at radius 1 is 1.50 bits per heavy atom. The van der Waals surface area contributed by atoms with Crippen LogP contribution in [0.25, 0.3) is 0 Å². The molecule has 0 spiro atoms. The number of aromatic nitrogens is 2. The molecule has 0 bridgehead atoms. The van der Waals surface area contributed by atoms with Gasteiger partial charge in [-0.2, -0.15) is 0 Å². The zero-order valence-electron chi connectivity index (χ0n) is 11.2. The lowest BCUT2D eigenvalue weighted by molar-refractivity contribution is 0.00910. The molecule has 0 radical (unpaired) electrons. The number of nitrogens with one attached hydrogen (secondary N) is 1. The van der Waals surface area contributed by atoms with Crippen LogP contribution in [0, 0.1) is 6.92 Å². The molecule has 4 heteroatoms. The Balaban J connectivity index is 1.79. The van der Waals surface area contributed by atoms with E-state index in [1.165, 1.54) is 12.8 Å². The van der Waals surface area contributed by atoms with Crippen molar-refractivity contribution in [1.82, 2.24) is 15.3 Å². The average Bonchev–Trinajstić information content (AvgIpc) is 3.09. The van der Waals surface area contributed by atoms with Gasteiger partial charge in [-0.3, -0.25) is 0 Å². The highest BCUT2D eigenvalue weighted by Crippen LogP contribution is 2.33. The van der Waals surface area contributed by atoms with Crippen LogP contribution in [-0.4, -0.2) is 22.6 Å². The van der Waals surface area contributed by atoms with E-state index in [4.69, 9.17) is 9.72 Å². The zero-order valence-corrected chi connectivity index (χ0v) is 11.2. The molecule has 4 nitrogen and oxygen atoms in total. The first kappa shape index (κ1) is 12.1. The third-order valence-corrected chi connectivity index (χ3v) is 3.90. The molecule has 0 amide bonds. The van der Waals surface area contributed by atoms with Crippen LogP contribution in [0.4, 0.5) is 0 Å². The molecule has 2 heterocycles. The second-order valence-electron chi connectivity index (χ2n) is 5.66. The summed E-state index contributed by atoms with van der Waals surface area (Å²) in [6.07, 6.45) is 6.66. The van der Waals surface area contributed by atoms with Gasteiger partial charge in [-0.25, -0.2) is 9.97 Å². The van der Waals surface area contributed by atoms with Gasteiger partial charge < -0.3 is 10.1 Å². The van der Waals surface area contributed by atoms with Crippen LogP contribution >= 0.6 is 0 Å². The molecule has 2 aliphatic rings. The Morgan fingerprint density at radius 2 is 2.33 bits per heavy atom. The van der Waals surface area contributed by atoms with E-state index in [9.17, 15) is 0 Å². The van der Waals surface area contributed by atoms with Crippen LogP contribution in [0.1, 0.15) is 49.7 Å². The first-order valence-corrected chi connectivity index (χ1v) is 6.88. The lowest BCUT2D eigenvalue weighted by Gasteiger charge is -2.22. The van der Waals surface area contributed by atoms with Gasteiger partial charge in [0.25, 0.3) is 0 Å². The van der Waals surface area contributed by atoms with Crippen molar-refractivity contribution in [3.8, 4) is 0 Å². The van der Waals surface area contributed by atoms with Crippen LogP contribution in [0.15, 0.2) is 6.20 Å². The first-order valence-electron chi connectivity index (χ1n) is 6.88. The van der Waals surface area contributed by atoms with Gasteiger partial charge in [-0.05, 0) is 45.1 Å². The Labute approximate surface area is 108 Å². The molecule has 1 N–H and O–H groups in total. The highest BCUT2D eigenvalue weighted by Gasteiger charge is 2.35. The maximum absolute atomic E-state index is 5.81. The molecule has 1 saturated carbocycles.